The van der Waals surface area contributed by atoms with Crippen LogP contribution in [0.4, 0.5) is 5.69 Å². The second-order valence-electron chi connectivity index (χ2n) is 6.24. The molecule has 0 saturated heterocycles. The van der Waals surface area contributed by atoms with Gasteiger partial charge in [0.2, 0.25) is 5.91 Å². The first-order valence-corrected chi connectivity index (χ1v) is 8.77. The van der Waals surface area contributed by atoms with E-state index in [4.69, 9.17) is 0 Å². The largest absolute Gasteiger partial charge is 0.325 e. The summed E-state index contributed by atoms with van der Waals surface area (Å²) in [4.78, 5) is 12.4. The van der Waals surface area contributed by atoms with E-state index in [1.165, 1.54) is 30.2 Å². The van der Waals surface area contributed by atoms with Gasteiger partial charge >= 0.3 is 0 Å². The Labute approximate surface area is 140 Å². The molecule has 1 amide bonds. The number of anilines is 1. The number of benzene rings is 1. The molecule has 1 aromatic heterocycles. The average molecular weight is 330 g/mol. The van der Waals surface area contributed by atoms with E-state index in [0.717, 1.165) is 22.2 Å². The molecule has 1 aromatic carbocycles. The molecule has 1 heterocycles. The second kappa shape index (κ2) is 6.35. The first kappa shape index (κ1) is 16.1. The molecule has 3 rings (SSSR count). The maximum absolute atomic E-state index is 12.4. The third-order valence-electron chi connectivity index (χ3n) is 4.10. The van der Waals surface area contributed by atoms with Gasteiger partial charge in [0.05, 0.1) is 5.25 Å². The molecule has 0 spiro atoms. The fraction of sp³-hybridized carbons (Fsp3) is 0.471. The van der Waals surface area contributed by atoms with Gasteiger partial charge in [-0.3, -0.25) is 4.79 Å². The number of aryl methyl sites for hydroxylation is 2. The van der Waals surface area contributed by atoms with Crippen molar-refractivity contribution in [2.75, 3.05) is 5.32 Å². The Morgan fingerprint density at radius 1 is 1.35 bits per heavy atom. The van der Waals surface area contributed by atoms with Crippen molar-refractivity contribution in [2.24, 2.45) is 7.05 Å². The van der Waals surface area contributed by atoms with Crippen molar-refractivity contribution in [3.63, 3.8) is 0 Å². The molecule has 6 heteroatoms. The predicted octanol–water partition coefficient (Wildman–Crippen LogP) is 3.43. The number of amides is 1. The van der Waals surface area contributed by atoms with Gasteiger partial charge in [-0.05, 0) is 45.2 Å². The maximum atomic E-state index is 12.4. The molecule has 0 radical (unpaired) electrons. The fourth-order valence-electron chi connectivity index (χ4n) is 2.53. The summed E-state index contributed by atoms with van der Waals surface area (Å²) >= 11 is 1.45. The lowest BCUT2D eigenvalue weighted by Gasteiger charge is -2.13. The van der Waals surface area contributed by atoms with Crippen molar-refractivity contribution in [3.8, 4) is 0 Å². The average Bonchev–Trinajstić information content (AvgIpc) is 3.28. The lowest BCUT2D eigenvalue weighted by atomic mass is 10.1. The molecule has 5 nitrogen and oxygen atoms in total. The van der Waals surface area contributed by atoms with Crippen LogP contribution in [-0.2, 0) is 11.8 Å². The zero-order chi connectivity index (χ0) is 16.6. The second-order valence-corrected chi connectivity index (χ2v) is 7.55. The Bertz CT molecular complexity index is 736. The van der Waals surface area contributed by atoms with Crippen molar-refractivity contribution in [1.29, 1.82) is 0 Å². The summed E-state index contributed by atoms with van der Waals surface area (Å²) in [5, 5.41) is 12.1. The van der Waals surface area contributed by atoms with Crippen LogP contribution in [0.15, 0.2) is 23.4 Å². The van der Waals surface area contributed by atoms with Crippen LogP contribution < -0.4 is 5.32 Å². The standard InChI is InChI=1S/C17H22N4OS/c1-10-5-8-14(11(2)9-10)18-16(22)12(3)23-17-20-19-15(21(17)4)13-6-7-13/h5,8-9,12-13H,6-7H2,1-4H3,(H,18,22)/t12-/m0/s1. The van der Waals surface area contributed by atoms with Crippen LogP contribution in [0.2, 0.25) is 0 Å². The SMILES string of the molecule is Cc1ccc(NC(=O)[C@H](C)Sc2nnc(C3CC3)n2C)c(C)c1. The van der Waals surface area contributed by atoms with Crippen molar-refractivity contribution in [2.45, 2.75) is 49.9 Å². The zero-order valence-corrected chi connectivity index (χ0v) is 14.8. The topological polar surface area (TPSA) is 59.8 Å². The molecular formula is C17H22N4OS. The molecular weight excluding hydrogens is 308 g/mol. The zero-order valence-electron chi connectivity index (χ0n) is 14.0. The first-order chi connectivity index (χ1) is 11.0. The minimum absolute atomic E-state index is 0.0158. The molecule has 1 aliphatic carbocycles. The lowest BCUT2D eigenvalue weighted by molar-refractivity contribution is -0.115. The van der Waals surface area contributed by atoms with Gasteiger partial charge in [0, 0.05) is 18.7 Å². The number of carbonyl (C=O) groups excluding carboxylic acids is 1. The van der Waals surface area contributed by atoms with Crippen LogP contribution in [-0.4, -0.2) is 25.9 Å². The molecule has 2 aromatic rings. The van der Waals surface area contributed by atoms with E-state index < -0.39 is 0 Å². The van der Waals surface area contributed by atoms with Crippen LogP contribution >= 0.6 is 11.8 Å². The van der Waals surface area contributed by atoms with Crippen molar-refractivity contribution in [1.82, 2.24) is 14.8 Å². The summed E-state index contributed by atoms with van der Waals surface area (Å²) < 4.78 is 2.02. The van der Waals surface area contributed by atoms with Crippen LogP contribution in [0.1, 0.15) is 42.6 Å². The van der Waals surface area contributed by atoms with Gasteiger partial charge < -0.3 is 9.88 Å². The first-order valence-electron chi connectivity index (χ1n) is 7.89. The lowest BCUT2D eigenvalue weighted by Crippen LogP contribution is -2.23. The molecule has 1 atom stereocenters. The van der Waals surface area contributed by atoms with E-state index in [-0.39, 0.29) is 11.2 Å². The highest BCUT2D eigenvalue weighted by atomic mass is 32.2. The molecule has 1 aliphatic rings. The quantitative estimate of drug-likeness (QED) is 0.853. The Kier molecular flexibility index (Phi) is 4.43. The van der Waals surface area contributed by atoms with Crippen LogP contribution in [0.5, 0.6) is 0 Å². The number of thioether (sulfide) groups is 1. The van der Waals surface area contributed by atoms with Crippen LogP contribution in [0, 0.1) is 13.8 Å². The number of aromatic nitrogens is 3. The van der Waals surface area contributed by atoms with Crippen LogP contribution in [0.25, 0.3) is 0 Å². The van der Waals surface area contributed by atoms with Crippen LogP contribution in [0.3, 0.4) is 0 Å². The summed E-state index contributed by atoms with van der Waals surface area (Å²) in [6.45, 7) is 5.95. The summed E-state index contributed by atoms with van der Waals surface area (Å²) in [5.74, 6) is 1.58. The van der Waals surface area contributed by atoms with E-state index in [1.54, 1.807) is 0 Å². The van der Waals surface area contributed by atoms with E-state index in [9.17, 15) is 4.79 Å². The fourth-order valence-corrected chi connectivity index (χ4v) is 3.35. The third-order valence-corrected chi connectivity index (χ3v) is 5.24. The minimum Gasteiger partial charge on any atom is -0.325 e. The Morgan fingerprint density at radius 2 is 2.09 bits per heavy atom. The molecule has 122 valence electrons. The Morgan fingerprint density at radius 3 is 2.74 bits per heavy atom. The summed E-state index contributed by atoms with van der Waals surface area (Å²) in [5.41, 5.74) is 3.13. The third kappa shape index (κ3) is 3.58. The van der Waals surface area contributed by atoms with E-state index in [2.05, 4.69) is 21.6 Å². The molecule has 0 unspecified atom stereocenters. The van der Waals surface area contributed by atoms with Gasteiger partial charge in [0.25, 0.3) is 0 Å². The summed E-state index contributed by atoms with van der Waals surface area (Å²) in [7, 11) is 1.98. The molecule has 23 heavy (non-hydrogen) atoms. The predicted molar refractivity (Wildman–Crippen MR) is 92.8 cm³/mol. The molecule has 0 bridgehead atoms. The van der Waals surface area contributed by atoms with Gasteiger partial charge in [0.1, 0.15) is 5.82 Å². The summed E-state index contributed by atoms with van der Waals surface area (Å²) in [6.07, 6.45) is 2.39. The maximum Gasteiger partial charge on any atom is 0.237 e. The highest BCUT2D eigenvalue weighted by Crippen LogP contribution is 2.39. The number of nitrogens with one attached hydrogen (secondary N) is 1. The number of hydrogen-bond donors (Lipinski definition) is 1. The highest BCUT2D eigenvalue weighted by Gasteiger charge is 2.30. The Balaban J connectivity index is 1.65. The van der Waals surface area contributed by atoms with Gasteiger partial charge in [-0.2, -0.15) is 0 Å². The molecule has 1 N–H and O–H groups in total. The van der Waals surface area contributed by atoms with E-state index >= 15 is 0 Å². The molecule has 1 saturated carbocycles. The normalized spacial score (nSPS) is 15.5. The van der Waals surface area contributed by atoms with Gasteiger partial charge in [-0.1, -0.05) is 29.5 Å². The Hall–Kier alpha value is -1.82. The highest BCUT2D eigenvalue weighted by molar-refractivity contribution is 8.00. The number of hydrogen-bond acceptors (Lipinski definition) is 4. The van der Waals surface area contributed by atoms with Crippen molar-refractivity contribution in [3.05, 3.63) is 35.2 Å². The number of rotatable bonds is 5. The number of carbonyl (C=O) groups is 1. The molecule has 0 aliphatic heterocycles. The van der Waals surface area contributed by atoms with Gasteiger partial charge in [-0.15, -0.1) is 10.2 Å². The van der Waals surface area contributed by atoms with E-state index in [1.807, 2.05) is 44.5 Å². The monoisotopic (exact) mass is 330 g/mol. The summed E-state index contributed by atoms with van der Waals surface area (Å²) in [6, 6.07) is 6.02. The minimum atomic E-state index is -0.231. The van der Waals surface area contributed by atoms with Gasteiger partial charge in [0.15, 0.2) is 5.16 Å². The van der Waals surface area contributed by atoms with Crippen molar-refractivity contribution >= 4 is 23.4 Å². The molecule has 1 fully saturated rings. The van der Waals surface area contributed by atoms with E-state index in [0.29, 0.717) is 5.92 Å². The van der Waals surface area contributed by atoms with Crippen molar-refractivity contribution < 1.29 is 4.79 Å². The smallest absolute Gasteiger partial charge is 0.237 e. The van der Waals surface area contributed by atoms with Gasteiger partial charge in [-0.25, -0.2) is 0 Å². The number of nitrogens with zero attached hydrogens (tertiary/aromatic N) is 3.